The van der Waals surface area contributed by atoms with E-state index in [0.717, 1.165) is 14.2 Å². The highest BCUT2D eigenvalue weighted by Gasteiger charge is 2.60. The second-order valence-electron chi connectivity index (χ2n) is 16.2. The molecule has 34 nitrogen and oxygen atoms in total. The fourth-order valence-corrected chi connectivity index (χ4v) is 9.90. The maximum atomic E-state index is 13.8. The summed E-state index contributed by atoms with van der Waals surface area (Å²) < 4.78 is 158. The van der Waals surface area contributed by atoms with Crippen molar-refractivity contribution in [2.75, 3.05) is 148 Å². The lowest BCUT2D eigenvalue weighted by molar-refractivity contribution is -0.254. The van der Waals surface area contributed by atoms with Crippen molar-refractivity contribution in [2.45, 2.75) is 92.5 Å². The van der Waals surface area contributed by atoms with Crippen LogP contribution in [0.2, 0.25) is 0 Å². The smallest absolute Gasteiger partial charge is 0.457 e. The van der Waals surface area contributed by atoms with E-state index in [1.165, 1.54) is 28.4 Å². The van der Waals surface area contributed by atoms with Crippen LogP contribution in [0.15, 0.2) is 0 Å². The zero-order valence-corrected chi connectivity index (χ0v) is 46.9. The monoisotopic (exact) mass is 1210 g/mol. The molecule has 2 rings (SSSR count). The Labute approximate surface area is 444 Å². The molecule has 0 spiro atoms. The molecule has 38 heteroatoms. The van der Waals surface area contributed by atoms with Gasteiger partial charge in [0.1, 0.15) is 61.0 Å². The highest BCUT2D eigenvalue weighted by molar-refractivity contribution is 7.47. The van der Waals surface area contributed by atoms with Crippen molar-refractivity contribution in [3.8, 4) is 0 Å². The lowest BCUT2D eigenvalue weighted by atomic mass is 9.84. The zero-order chi connectivity index (χ0) is 57.7. The molecule has 77 heavy (non-hydrogen) atoms. The normalized spacial score (nSPS) is 26.5. The van der Waals surface area contributed by atoms with Crippen LogP contribution < -0.4 is 0 Å². The molecule has 2 saturated carbocycles. The van der Waals surface area contributed by atoms with Crippen molar-refractivity contribution in [3.05, 3.63) is 0 Å². The van der Waals surface area contributed by atoms with Crippen molar-refractivity contribution >= 4 is 43.2 Å². The summed E-state index contributed by atoms with van der Waals surface area (Å²) >= 11 is 0. The van der Waals surface area contributed by atoms with Crippen LogP contribution in [0.3, 0.4) is 0 Å². The predicted molar refractivity (Wildman–Crippen MR) is 253 cm³/mol. The van der Waals surface area contributed by atoms with Gasteiger partial charge in [-0.3, -0.25) is 27.7 Å². The van der Waals surface area contributed by atoms with Crippen LogP contribution in [0.5, 0.6) is 0 Å². The highest BCUT2D eigenvalue weighted by atomic mass is 31.2. The summed E-state index contributed by atoms with van der Waals surface area (Å²) in [6, 6.07) is 0. The van der Waals surface area contributed by atoms with E-state index in [4.69, 9.17) is 93.9 Å². The topological polar surface area (TPSA) is 449 Å². The number of rotatable bonds is 44. The first-order valence-corrected chi connectivity index (χ1v) is 29.6. The number of phosphoric acid groups is 4. The number of carbonyl (C=O) groups excluding carboxylic acids is 2. The summed E-state index contributed by atoms with van der Waals surface area (Å²) in [7, 11) is -14.6. The number of ether oxygens (including phenoxy) is 16. The lowest BCUT2D eigenvalue weighted by Gasteiger charge is -2.48. The van der Waals surface area contributed by atoms with Crippen molar-refractivity contribution in [3.63, 3.8) is 0 Å². The number of esters is 2. The minimum Gasteiger partial charge on any atom is -0.457 e. The first-order valence-electron chi connectivity index (χ1n) is 23.5. The second-order valence-corrected chi connectivity index (χ2v) is 20.9. The van der Waals surface area contributed by atoms with Gasteiger partial charge in [-0.05, 0) is 6.42 Å². The number of methoxy groups -OCH3 is 6. The predicted octanol–water partition coefficient (Wildman–Crippen LogP) is -1.86. The summed E-state index contributed by atoms with van der Waals surface area (Å²) in [6.07, 6.45) is -24.8. The van der Waals surface area contributed by atoms with Crippen molar-refractivity contribution in [1.29, 1.82) is 0 Å². The van der Waals surface area contributed by atoms with Gasteiger partial charge in [0.15, 0.2) is 12.2 Å². The van der Waals surface area contributed by atoms with E-state index in [2.05, 4.69) is 0 Å². The Hall–Kier alpha value is -1.18. The minimum absolute atomic E-state index is 0.0593. The first kappa shape index (κ1) is 71.9. The summed E-state index contributed by atoms with van der Waals surface area (Å²) in [5, 5.41) is 0. The third-order valence-corrected chi connectivity index (χ3v) is 12.7. The maximum absolute atomic E-state index is 13.8. The van der Waals surface area contributed by atoms with Gasteiger partial charge in [-0.2, -0.15) is 0 Å². The summed E-state index contributed by atoms with van der Waals surface area (Å²) in [4.78, 5) is 108. The average Bonchev–Trinajstić information content (AvgIpc) is 3.32. The fourth-order valence-electron chi connectivity index (χ4n) is 7.67. The van der Waals surface area contributed by atoms with Crippen LogP contribution >= 0.6 is 31.3 Å². The van der Waals surface area contributed by atoms with Crippen molar-refractivity contribution in [1.82, 2.24) is 0 Å². The van der Waals surface area contributed by atoms with Crippen LogP contribution in [0.1, 0.15) is 19.3 Å². The molecule has 0 amide bonds. The van der Waals surface area contributed by atoms with E-state index < -0.39 is 142 Å². The molecule has 0 aromatic rings. The molecular weight excluding hydrogens is 1140 g/mol. The van der Waals surface area contributed by atoms with Gasteiger partial charge in [-0.25, -0.2) is 18.3 Å². The quantitative estimate of drug-likeness (QED) is 0.0188. The summed E-state index contributed by atoms with van der Waals surface area (Å²) in [5.74, 6) is -2.52. The summed E-state index contributed by atoms with van der Waals surface area (Å²) in [6.45, 7) is -1.01. The number of phosphoric ester groups is 4. The van der Waals surface area contributed by atoms with Crippen molar-refractivity contribution in [2.24, 2.45) is 0 Å². The Balaban J connectivity index is 2.56. The largest absolute Gasteiger partial charge is 0.470 e. The van der Waals surface area contributed by atoms with Gasteiger partial charge >= 0.3 is 43.2 Å². The number of hydrogen-bond donors (Lipinski definition) is 8. The van der Waals surface area contributed by atoms with Gasteiger partial charge in [0, 0.05) is 55.5 Å². The molecular formula is C39H76O34P4. The van der Waals surface area contributed by atoms with Crippen LogP contribution in [0, 0.1) is 0 Å². The zero-order valence-electron chi connectivity index (χ0n) is 43.3. The minimum atomic E-state index is -5.63. The van der Waals surface area contributed by atoms with Crippen LogP contribution in [-0.2, 0) is 122 Å². The van der Waals surface area contributed by atoms with Gasteiger partial charge < -0.3 is 115 Å². The number of carbonyl (C=O) groups is 2. The van der Waals surface area contributed by atoms with E-state index in [-0.39, 0.29) is 99.1 Å². The van der Waals surface area contributed by atoms with Gasteiger partial charge in [-0.1, -0.05) is 0 Å². The van der Waals surface area contributed by atoms with Crippen LogP contribution in [0.4, 0.5) is 0 Å². The standard InChI is InChI=1S/C39H76O34P4/c1-54-10-14-60-18-22-64-30-28(58-5)31(65-23-19-61-15-11-55-2)38(72-76(48,49)50)35(37(30)71-75(45,46)47)69-27(41)9-7-8-26(40)68-34-29(59-6)32(66-24-20-62-16-12-56-3)36(70-74(42,43)44)33(39(34)73-77(51,52)53)67-25-21-63-17-13-57-4/h28-39H,7-25H2,1-6H3,(H2,42,43,44)(H2,45,46,47)(H2,48,49,50)(H2,51,52,53)/t28?,29-,30-,31+,32-,33-,34-,35?,36+,37+,38-,39+/m1/s1. The van der Waals surface area contributed by atoms with Gasteiger partial charge in [-0.15, -0.1) is 0 Å². The van der Waals surface area contributed by atoms with E-state index in [1.54, 1.807) is 0 Å². The second kappa shape index (κ2) is 37.8. The Kier molecular flexibility index (Phi) is 35.3. The summed E-state index contributed by atoms with van der Waals surface area (Å²) in [5.41, 5.74) is 0. The Bertz CT molecular complexity index is 1760. The molecule has 8 N–H and O–H groups in total. The van der Waals surface area contributed by atoms with Crippen LogP contribution in [-0.4, -0.2) is 273 Å². The van der Waals surface area contributed by atoms with E-state index in [0.29, 0.717) is 0 Å². The molecule has 2 aliphatic rings. The Morgan fingerprint density at radius 3 is 0.779 bits per heavy atom. The SMILES string of the molecule is COCCOCCO[C@@H]1[C@@H](OC)[C@@H](OC(=O)CCCC(=O)OC2[C@@H](OP(=O)(O)O)[C@H](OCCOCCOC)C(OC)[C@H](OCCOCCOC)[C@H]2OP(=O)(O)O)[C@@H](OP(=O)(O)O)[C@H](OCCOCCOC)[C@H]1OP(=O)(O)O. The molecule has 0 aromatic heterocycles. The maximum Gasteiger partial charge on any atom is 0.470 e. The van der Waals surface area contributed by atoms with Gasteiger partial charge in [0.05, 0.1) is 106 Å². The Morgan fingerprint density at radius 1 is 0.312 bits per heavy atom. The Morgan fingerprint density at radius 2 is 0.532 bits per heavy atom. The third kappa shape index (κ3) is 29.1. The first-order chi connectivity index (χ1) is 36.3. The van der Waals surface area contributed by atoms with E-state index in [1.807, 2.05) is 0 Å². The fraction of sp³-hybridized carbons (Fsp3) is 0.949. The molecule has 0 aromatic carbocycles. The molecule has 12 atom stereocenters. The molecule has 2 unspecified atom stereocenters. The van der Waals surface area contributed by atoms with Crippen LogP contribution in [0.25, 0.3) is 0 Å². The molecule has 456 valence electrons. The molecule has 2 fully saturated rings. The van der Waals surface area contributed by atoms with E-state index in [9.17, 15) is 67.0 Å². The van der Waals surface area contributed by atoms with E-state index >= 15 is 0 Å². The van der Waals surface area contributed by atoms with Gasteiger partial charge in [0.2, 0.25) is 0 Å². The molecule has 0 saturated heterocycles. The molecule has 0 heterocycles. The number of hydrogen-bond acceptors (Lipinski definition) is 26. The molecule has 0 aliphatic heterocycles. The third-order valence-electron chi connectivity index (χ3n) is 10.6. The highest BCUT2D eigenvalue weighted by Crippen LogP contribution is 2.50. The van der Waals surface area contributed by atoms with Gasteiger partial charge in [0.25, 0.3) is 0 Å². The van der Waals surface area contributed by atoms with Crippen molar-refractivity contribution < 1.29 is 161 Å². The average molecular weight is 1210 g/mol. The molecule has 0 bridgehead atoms. The lowest BCUT2D eigenvalue weighted by Crippen LogP contribution is -2.67. The molecule has 0 radical (unpaired) electrons. The molecule has 2 aliphatic carbocycles.